The second-order valence-corrected chi connectivity index (χ2v) is 4.40. The highest BCUT2D eigenvalue weighted by atomic mass is 16.3. The van der Waals surface area contributed by atoms with E-state index in [1.54, 1.807) is 13.3 Å². The van der Waals surface area contributed by atoms with Gasteiger partial charge >= 0.3 is 0 Å². The number of nitrogens with zero attached hydrogens (tertiary/aromatic N) is 1. The molecule has 0 radical (unpaired) electrons. The first-order chi connectivity index (χ1) is 9.11. The van der Waals surface area contributed by atoms with E-state index in [9.17, 15) is 4.79 Å². The van der Waals surface area contributed by atoms with E-state index in [4.69, 9.17) is 4.42 Å². The van der Waals surface area contributed by atoms with E-state index in [2.05, 4.69) is 20.9 Å². The van der Waals surface area contributed by atoms with Crippen LogP contribution in [0.1, 0.15) is 26.0 Å². The van der Waals surface area contributed by atoms with E-state index < -0.39 is 0 Å². The molecule has 0 aromatic carbocycles. The number of amides is 1. The minimum absolute atomic E-state index is 0.0315. The SMILES string of the molecule is CN=C(NCCC(=O)NC(C)C)NCc1ccco1. The van der Waals surface area contributed by atoms with Crippen molar-refractivity contribution in [3.63, 3.8) is 0 Å². The Morgan fingerprint density at radius 1 is 1.42 bits per heavy atom. The quantitative estimate of drug-likeness (QED) is 0.527. The fourth-order valence-corrected chi connectivity index (χ4v) is 1.49. The van der Waals surface area contributed by atoms with E-state index >= 15 is 0 Å². The number of hydrogen-bond donors (Lipinski definition) is 3. The highest BCUT2D eigenvalue weighted by Gasteiger charge is 2.04. The zero-order chi connectivity index (χ0) is 14.1. The summed E-state index contributed by atoms with van der Waals surface area (Å²) in [6.07, 6.45) is 2.04. The highest BCUT2D eigenvalue weighted by molar-refractivity contribution is 5.81. The van der Waals surface area contributed by atoms with Crippen molar-refractivity contribution in [3.8, 4) is 0 Å². The van der Waals surface area contributed by atoms with Crippen LogP contribution in [0.15, 0.2) is 27.8 Å². The normalized spacial score (nSPS) is 11.5. The van der Waals surface area contributed by atoms with Gasteiger partial charge in [-0.05, 0) is 26.0 Å². The van der Waals surface area contributed by atoms with Crippen molar-refractivity contribution < 1.29 is 9.21 Å². The molecule has 0 spiro atoms. The van der Waals surface area contributed by atoms with Crippen LogP contribution in [-0.4, -0.2) is 31.5 Å². The molecule has 0 fully saturated rings. The van der Waals surface area contributed by atoms with Crippen molar-refractivity contribution in [1.82, 2.24) is 16.0 Å². The van der Waals surface area contributed by atoms with Gasteiger partial charge in [0.1, 0.15) is 5.76 Å². The average molecular weight is 266 g/mol. The number of hydrogen-bond acceptors (Lipinski definition) is 3. The van der Waals surface area contributed by atoms with Crippen molar-refractivity contribution in [1.29, 1.82) is 0 Å². The van der Waals surface area contributed by atoms with Crippen molar-refractivity contribution >= 4 is 11.9 Å². The summed E-state index contributed by atoms with van der Waals surface area (Å²) >= 11 is 0. The maximum Gasteiger partial charge on any atom is 0.221 e. The first-order valence-electron chi connectivity index (χ1n) is 6.38. The topological polar surface area (TPSA) is 78.7 Å². The second kappa shape index (κ2) is 8.18. The Bertz CT molecular complexity index is 399. The van der Waals surface area contributed by atoms with Crippen LogP contribution >= 0.6 is 0 Å². The van der Waals surface area contributed by atoms with E-state index in [1.165, 1.54) is 0 Å². The third-order valence-electron chi connectivity index (χ3n) is 2.33. The van der Waals surface area contributed by atoms with Gasteiger partial charge in [0.25, 0.3) is 0 Å². The Morgan fingerprint density at radius 3 is 2.79 bits per heavy atom. The van der Waals surface area contributed by atoms with Gasteiger partial charge in [0.2, 0.25) is 5.91 Å². The van der Waals surface area contributed by atoms with Gasteiger partial charge in [-0.25, -0.2) is 0 Å². The summed E-state index contributed by atoms with van der Waals surface area (Å²) < 4.78 is 5.21. The Morgan fingerprint density at radius 2 is 2.21 bits per heavy atom. The van der Waals surface area contributed by atoms with Crippen LogP contribution in [-0.2, 0) is 11.3 Å². The largest absolute Gasteiger partial charge is 0.467 e. The summed E-state index contributed by atoms with van der Waals surface area (Å²) in [5.74, 6) is 1.51. The molecule has 0 bridgehead atoms. The van der Waals surface area contributed by atoms with Crippen molar-refractivity contribution in [2.75, 3.05) is 13.6 Å². The Balaban J connectivity index is 2.20. The molecule has 6 nitrogen and oxygen atoms in total. The third kappa shape index (κ3) is 6.49. The van der Waals surface area contributed by atoms with Gasteiger partial charge in [0.15, 0.2) is 5.96 Å². The molecule has 0 unspecified atom stereocenters. The smallest absolute Gasteiger partial charge is 0.221 e. The van der Waals surface area contributed by atoms with E-state index in [0.29, 0.717) is 25.5 Å². The highest BCUT2D eigenvalue weighted by Crippen LogP contribution is 1.98. The number of carbonyl (C=O) groups is 1. The molecule has 19 heavy (non-hydrogen) atoms. The molecule has 0 aliphatic heterocycles. The van der Waals surface area contributed by atoms with Gasteiger partial charge in [0.05, 0.1) is 12.8 Å². The number of rotatable bonds is 6. The number of furan rings is 1. The zero-order valence-corrected chi connectivity index (χ0v) is 11.7. The van der Waals surface area contributed by atoms with Gasteiger partial charge < -0.3 is 20.4 Å². The Hall–Kier alpha value is -1.98. The van der Waals surface area contributed by atoms with Crippen LogP contribution in [0.25, 0.3) is 0 Å². The summed E-state index contributed by atoms with van der Waals surface area (Å²) in [6, 6.07) is 3.89. The summed E-state index contributed by atoms with van der Waals surface area (Å²) in [5, 5.41) is 9.01. The lowest BCUT2D eigenvalue weighted by atomic mass is 10.3. The van der Waals surface area contributed by atoms with E-state index in [-0.39, 0.29) is 11.9 Å². The zero-order valence-electron chi connectivity index (χ0n) is 11.7. The fourth-order valence-electron chi connectivity index (χ4n) is 1.49. The van der Waals surface area contributed by atoms with Crippen molar-refractivity contribution in [2.24, 2.45) is 4.99 Å². The number of carbonyl (C=O) groups excluding carboxylic acids is 1. The van der Waals surface area contributed by atoms with Crippen LogP contribution in [0.2, 0.25) is 0 Å². The Kier molecular flexibility index (Phi) is 6.49. The maximum absolute atomic E-state index is 11.4. The predicted molar refractivity (Wildman–Crippen MR) is 74.8 cm³/mol. The molecule has 3 N–H and O–H groups in total. The molecular weight excluding hydrogens is 244 g/mol. The molecule has 1 aromatic rings. The minimum atomic E-state index is 0.0315. The molecule has 1 rings (SSSR count). The molecule has 0 saturated carbocycles. The van der Waals surface area contributed by atoms with Gasteiger partial charge in [-0.3, -0.25) is 9.79 Å². The monoisotopic (exact) mass is 266 g/mol. The molecule has 106 valence electrons. The summed E-state index contributed by atoms with van der Waals surface area (Å²) in [7, 11) is 1.69. The van der Waals surface area contributed by atoms with Crippen molar-refractivity contribution in [2.45, 2.75) is 32.9 Å². The molecule has 6 heteroatoms. The molecule has 0 saturated heterocycles. The van der Waals surface area contributed by atoms with Crippen LogP contribution in [0.4, 0.5) is 0 Å². The Labute approximate surface area is 113 Å². The van der Waals surface area contributed by atoms with Crippen LogP contribution in [0.3, 0.4) is 0 Å². The van der Waals surface area contributed by atoms with Gasteiger partial charge in [-0.2, -0.15) is 0 Å². The van der Waals surface area contributed by atoms with Gasteiger partial charge in [-0.1, -0.05) is 0 Å². The summed E-state index contributed by atoms with van der Waals surface area (Å²) in [6.45, 7) is 4.98. The first-order valence-corrected chi connectivity index (χ1v) is 6.38. The molecule has 0 aliphatic carbocycles. The lowest BCUT2D eigenvalue weighted by molar-refractivity contribution is -0.121. The molecule has 0 aliphatic rings. The second-order valence-electron chi connectivity index (χ2n) is 4.40. The maximum atomic E-state index is 11.4. The molecule has 1 aromatic heterocycles. The summed E-state index contributed by atoms with van der Waals surface area (Å²) in [4.78, 5) is 15.5. The lowest BCUT2D eigenvalue weighted by Gasteiger charge is -2.12. The molecular formula is C13H22N4O2. The minimum Gasteiger partial charge on any atom is -0.467 e. The molecule has 1 heterocycles. The lowest BCUT2D eigenvalue weighted by Crippen LogP contribution is -2.39. The number of guanidine groups is 1. The molecule has 1 amide bonds. The summed E-state index contributed by atoms with van der Waals surface area (Å²) in [5.41, 5.74) is 0. The third-order valence-corrected chi connectivity index (χ3v) is 2.33. The van der Waals surface area contributed by atoms with Crippen molar-refractivity contribution in [3.05, 3.63) is 24.2 Å². The van der Waals surface area contributed by atoms with Crippen LogP contribution in [0.5, 0.6) is 0 Å². The van der Waals surface area contributed by atoms with E-state index in [1.807, 2.05) is 26.0 Å². The predicted octanol–water partition coefficient (Wildman–Crippen LogP) is 0.859. The van der Waals surface area contributed by atoms with Gasteiger partial charge in [0, 0.05) is 26.1 Å². The number of nitrogens with one attached hydrogen (secondary N) is 3. The first kappa shape index (κ1) is 15.1. The standard InChI is InChI=1S/C13H22N4O2/c1-10(2)17-12(18)6-7-15-13(14-3)16-9-11-5-4-8-19-11/h4-5,8,10H,6-7,9H2,1-3H3,(H,17,18)(H2,14,15,16). The van der Waals surface area contributed by atoms with E-state index in [0.717, 1.165) is 5.76 Å². The van der Waals surface area contributed by atoms with Gasteiger partial charge in [-0.15, -0.1) is 0 Å². The van der Waals surface area contributed by atoms with Crippen LogP contribution in [0, 0.1) is 0 Å². The fraction of sp³-hybridized carbons (Fsp3) is 0.538. The number of aliphatic imine (C=N–C) groups is 1. The average Bonchev–Trinajstić information content (AvgIpc) is 2.85. The van der Waals surface area contributed by atoms with Crippen LogP contribution < -0.4 is 16.0 Å². The molecule has 0 atom stereocenters.